The molecule has 1 aromatic rings. The second-order valence-corrected chi connectivity index (χ2v) is 7.62. The van der Waals surface area contributed by atoms with Crippen molar-refractivity contribution in [2.75, 3.05) is 20.2 Å². The van der Waals surface area contributed by atoms with E-state index in [0.717, 1.165) is 0 Å². The Bertz CT molecular complexity index is 787. The van der Waals surface area contributed by atoms with Gasteiger partial charge in [-0.05, 0) is 31.0 Å². The molecule has 1 rings (SSSR count). The van der Waals surface area contributed by atoms with Crippen LogP contribution in [0.4, 0.5) is 0 Å². The van der Waals surface area contributed by atoms with Crippen LogP contribution in [0.1, 0.15) is 37.0 Å². The monoisotopic (exact) mass is 398 g/mol. The quantitative estimate of drug-likeness (QED) is 0.550. The average molecular weight is 398 g/mol. The summed E-state index contributed by atoms with van der Waals surface area (Å²) in [5.41, 5.74) is -0.0458. The number of nitrogens with one attached hydrogen (secondary N) is 1. The Labute approximate surface area is 159 Å². The first-order valence-corrected chi connectivity index (χ1v) is 9.99. The lowest BCUT2D eigenvalue weighted by Crippen LogP contribution is -2.41. The first-order valence-electron chi connectivity index (χ1n) is 8.55. The van der Waals surface area contributed by atoms with Crippen molar-refractivity contribution in [1.29, 1.82) is 0 Å². The van der Waals surface area contributed by atoms with Gasteiger partial charge >= 0.3 is 5.97 Å². The smallest absolute Gasteiger partial charge is 0.326 e. The lowest BCUT2D eigenvalue weighted by atomic mass is 10.1. The van der Waals surface area contributed by atoms with Crippen molar-refractivity contribution in [3.63, 3.8) is 0 Å². The molecule has 0 aromatic heterocycles. The topological polar surface area (TPSA) is 113 Å². The number of carboxylic acid groups (broad SMARTS) is 1. The summed E-state index contributed by atoms with van der Waals surface area (Å²) in [7, 11) is -2.43. The fourth-order valence-electron chi connectivity index (χ4n) is 2.52. The molecule has 1 atom stereocenters. The number of sulfonamides is 1. The van der Waals surface area contributed by atoms with E-state index in [1.807, 2.05) is 0 Å². The van der Waals surface area contributed by atoms with Crippen LogP contribution in [0.25, 0.3) is 0 Å². The Morgan fingerprint density at radius 1 is 1.33 bits per heavy atom. The maximum Gasteiger partial charge on any atom is 0.326 e. The van der Waals surface area contributed by atoms with Crippen LogP contribution >= 0.6 is 0 Å². The largest absolute Gasteiger partial charge is 0.496 e. The molecule has 27 heavy (non-hydrogen) atoms. The summed E-state index contributed by atoms with van der Waals surface area (Å²) >= 11 is 0. The summed E-state index contributed by atoms with van der Waals surface area (Å²) in [6.07, 6.45) is 2.13. The zero-order valence-electron chi connectivity index (χ0n) is 15.8. The molecule has 0 radical (unpaired) electrons. The summed E-state index contributed by atoms with van der Waals surface area (Å²) in [5, 5.41) is 11.7. The van der Waals surface area contributed by atoms with Crippen LogP contribution < -0.4 is 10.1 Å². The van der Waals surface area contributed by atoms with Crippen LogP contribution in [0, 0.1) is 0 Å². The van der Waals surface area contributed by atoms with E-state index in [0.29, 0.717) is 6.42 Å². The Morgan fingerprint density at radius 2 is 1.96 bits per heavy atom. The molecule has 0 spiro atoms. The third-order valence-electron chi connectivity index (χ3n) is 4.02. The molecule has 1 amide bonds. The van der Waals surface area contributed by atoms with Gasteiger partial charge in [0.2, 0.25) is 10.0 Å². The van der Waals surface area contributed by atoms with E-state index < -0.39 is 27.9 Å². The van der Waals surface area contributed by atoms with Crippen molar-refractivity contribution in [2.24, 2.45) is 0 Å². The average Bonchev–Trinajstić information content (AvgIpc) is 2.64. The van der Waals surface area contributed by atoms with Crippen molar-refractivity contribution in [2.45, 2.75) is 37.6 Å². The molecule has 0 fully saturated rings. The van der Waals surface area contributed by atoms with Gasteiger partial charge in [0.25, 0.3) is 5.91 Å². The SMILES string of the molecule is C=CCCC(NC(=O)c1cc(S(=O)(=O)N(CC)CC)ccc1OC)C(=O)O. The predicted molar refractivity (Wildman–Crippen MR) is 101 cm³/mol. The zero-order chi connectivity index (χ0) is 20.6. The van der Waals surface area contributed by atoms with E-state index in [1.54, 1.807) is 19.9 Å². The van der Waals surface area contributed by atoms with E-state index in [9.17, 15) is 23.1 Å². The number of allylic oxidation sites excluding steroid dienone is 1. The highest BCUT2D eigenvalue weighted by Crippen LogP contribution is 2.25. The molecular formula is C18H26N2O6S. The van der Waals surface area contributed by atoms with Gasteiger partial charge in [0.15, 0.2) is 0 Å². The molecular weight excluding hydrogens is 372 g/mol. The summed E-state index contributed by atoms with van der Waals surface area (Å²) in [6, 6.07) is 2.82. The molecule has 0 saturated carbocycles. The highest BCUT2D eigenvalue weighted by atomic mass is 32.2. The van der Waals surface area contributed by atoms with Crippen molar-refractivity contribution in [3.05, 3.63) is 36.4 Å². The number of methoxy groups -OCH3 is 1. The van der Waals surface area contributed by atoms with Crippen molar-refractivity contribution in [3.8, 4) is 5.75 Å². The van der Waals surface area contributed by atoms with Crippen molar-refractivity contribution in [1.82, 2.24) is 9.62 Å². The normalized spacial score (nSPS) is 12.4. The fourth-order valence-corrected chi connectivity index (χ4v) is 4.00. The number of hydrogen-bond acceptors (Lipinski definition) is 5. The number of ether oxygens (including phenoxy) is 1. The van der Waals surface area contributed by atoms with Gasteiger partial charge in [0.05, 0.1) is 17.6 Å². The van der Waals surface area contributed by atoms with Gasteiger partial charge < -0.3 is 15.2 Å². The lowest BCUT2D eigenvalue weighted by molar-refractivity contribution is -0.139. The number of carbonyl (C=O) groups is 2. The molecule has 1 aromatic carbocycles. The van der Waals surface area contributed by atoms with Crippen LogP contribution in [-0.2, 0) is 14.8 Å². The van der Waals surface area contributed by atoms with E-state index in [-0.39, 0.29) is 35.7 Å². The molecule has 0 aliphatic heterocycles. The summed E-state index contributed by atoms with van der Waals surface area (Å²) in [4.78, 5) is 23.9. The lowest BCUT2D eigenvalue weighted by Gasteiger charge is -2.20. The van der Waals surface area contributed by atoms with Gasteiger partial charge in [0.1, 0.15) is 11.8 Å². The van der Waals surface area contributed by atoms with Crippen molar-refractivity contribution < 1.29 is 27.9 Å². The summed E-state index contributed by atoms with van der Waals surface area (Å²) in [5.74, 6) is -1.75. The molecule has 0 aliphatic carbocycles. The molecule has 8 nitrogen and oxygen atoms in total. The number of benzene rings is 1. The number of carboxylic acids is 1. The first-order chi connectivity index (χ1) is 12.7. The van der Waals surface area contributed by atoms with E-state index in [1.165, 1.54) is 29.6 Å². The van der Waals surface area contributed by atoms with Gasteiger partial charge in [0, 0.05) is 13.1 Å². The maximum absolute atomic E-state index is 12.7. The van der Waals surface area contributed by atoms with Crippen molar-refractivity contribution >= 4 is 21.9 Å². The molecule has 150 valence electrons. The number of amides is 1. The third kappa shape index (κ3) is 5.54. The molecule has 0 bridgehead atoms. The second-order valence-electron chi connectivity index (χ2n) is 5.68. The maximum atomic E-state index is 12.7. The molecule has 0 aliphatic rings. The summed E-state index contributed by atoms with van der Waals surface area (Å²) < 4.78 is 31.8. The van der Waals surface area contributed by atoms with Gasteiger partial charge in [-0.2, -0.15) is 4.31 Å². The van der Waals surface area contributed by atoms with Gasteiger partial charge in [-0.1, -0.05) is 19.9 Å². The summed E-state index contributed by atoms with van der Waals surface area (Å²) in [6.45, 7) is 7.54. The van der Waals surface area contributed by atoms with E-state index >= 15 is 0 Å². The number of rotatable bonds is 11. The first kappa shape index (κ1) is 22.7. The van der Waals surface area contributed by atoms with Crippen LogP contribution in [-0.4, -0.2) is 55.9 Å². The molecule has 9 heteroatoms. The van der Waals surface area contributed by atoms with E-state index in [4.69, 9.17) is 4.74 Å². The molecule has 1 unspecified atom stereocenters. The van der Waals surface area contributed by atoms with Crippen LogP contribution in [0.3, 0.4) is 0 Å². The minimum absolute atomic E-state index is 0.0458. The van der Waals surface area contributed by atoms with Gasteiger partial charge in [-0.25, -0.2) is 13.2 Å². The Hall–Kier alpha value is -2.39. The minimum atomic E-state index is -3.77. The Kier molecular flexibility index (Phi) is 8.45. The third-order valence-corrected chi connectivity index (χ3v) is 6.07. The molecule has 0 saturated heterocycles. The molecule has 0 heterocycles. The standard InChI is InChI=1S/C18H26N2O6S/c1-5-8-9-15(18(22)23)19-17(21)14-12-13(10-11-16(14)26-4)27(24,25)20(6-2)7-3/h5,10-12,15H,1,6-9H2,2-4H3,(H,19,21)(H,22,23). The number of carbonyl (C=O) groups excluding carboxylic acids is 1. The van der Waals surface area contributed by atoms with Crippen LogP contribution in [0.15, 0.2) is 35.7 Å². The number of nitrogens with zero attached hydrogens (tertiary/aromatic N) is 1. The Morgan fingerprint density at radius 3 is 2.44 bits per heavy atom. The number of aliphatic carboxylic acids is 1. The highest BCUT2D eigenvalue weighted by molar-refractivity contribution is 7.89. The second kappa shape index (κ2) is 10.1. The zero-order valence-corrected chi connectivity index (χ0v) is 16.6. The Balaban J connectivity index is 3.27. The molecule has 2 N–H and O–H groups in total. The predicted octanol–water partition coefficient (Wildman–Crippen LogP) is 1.87. The fraction of sp³-hybridized carbons (Fsp3) is 0.444. The number of hydrogen-bond donors (Lipinski definition) is 2. The van der Waals surface area contributed by atoms with Crippen LogP contribution in [0.2, 0.25) is 0 Å². The van der Waals surface area contributed by atoms with Crippen LogP contribution in [0.5, 0.6) is 5.75 Å². The van der Waals surface area contributed by atoms with Gasteiger partial charge in [-0.15, -0.1) is 6.58 Å². The van der Waals surface area contributed by atoms with Gasteiger partial charge in [-0.3, -0.25) is 4.79 Å². The van der Waals surface area contributed by atoms with E-state index in [2.05, 4.69) is 11.9 Å². The minimum Gasteiger partial charge on any atom is -0.496 e. The highest BCUT2D eigenvalue weighted by Gasteiger charge is 2.26.